The maximum atomic E-state index is 11.7. The van der Waals surface area contributed by atoms with Gasteiger partial charge in [0.2, 0.25) is 0 Å². The molecule has 0 fully saturated rings. The molecule has 1 rings (SSSR count). The number of hydrogen-bond acceptors (Lipinski definition) is 3. The Morgan fingerprint density at radius 2 is 1.95 bits per heavy atom. The quantitative estimate of drug-likeness (QED) is 0.806. The van der Waals surface area contributed by atoms with Crippen molar-refractivity contribution in [2.45, 2.75) is 6.42 Å². The Balaban J connectivity index is 2.33. The highest BCUT2D eigenvalue weighted by Gasteiger charge is 2.07. The standard InChI is InChI=1S/C14H20N2O3S/c1-16(9-10-20-2)14(19)15-8-7-11-3-5-12(6-4-11)13(17)18/h3-6H,7-10H2,1-2H3,(H,15,19)(H,17,18). The number of hydrogen-bond donors (Lipinski definition) is 2. The lowest BCUT2D eigenvalue weighted by molar-refractivity contribution is 0.0697. The first-order valence-electron chi connectivity index (χ1n) is 6.34. The molecule has 0 saturated carbocycles. The summed E-state index contributed by atoms with van der Waals surface area (Å²) in [5.41, 5.74) is 1.27. The molecule has 0 unspecified atom stereocenters. The Morgan fingerprint density at radius 1 is 1.30 bits per heavy atom. The lowest BCUT2D eigenvalue weighted by atomic mass is 10.1. The van der Waals surface area contributed by atoms with Gasteiger partial charge >= 0.3 is 12.0 Å². The molecule has 0 heterocycles. The summed E-state index contributed by atoms with van der Waals surface area (Å²) in [6.07, 6.45) is 2.69. The molecular formula is C14H20N2O3S. The summed E-state index contributed by atoms with van der Waals surface area (Å²) in [6, 6.07) is 6.61. The van der Waals surface area contributed by atoms with Crippen molar-refractivity contribution in [1.29, 1.82) is 0 Å². The molecule has 2 N–H and O–H groups in total. The summed E-state index contributed by atoms with van der Waals surface area (Å²) >= 11 is 1.70. The van der Waals surface area contributed by atoms with E-state index >= 15 is 0 Å². The lowest BCUT2D eigenvalue weighted by Gasteiger charge is -2.17. The van der Waals surface area contributed by atoms with Crippen molar-refractivity contribution in [3.8, 4) is 0 Å². The Hall–Kier alpha value is -1.69. The predicted octanol–water partition coefficient (Wildman–Crippen LogP) is 1.93. The van der Waals surface area contributed by atoms with Gasteiger partial charge in [-0.1, -0.05) is 12.1 Å². The van der Waals surface area contributed by atoms with Gasteiger partial charge in [-0.2, -0.15) is 11.8 Å². The maximum absolute atomic E-state index is 11.7. The third kappa shape index (κ3) is 5.52. The van der Waals surface area contributed by atoms with Crippen LogP contribution >= 0.6 is 11.8 Å². The number of carbonyl (C=O) groups is 2. The van der Waals surface area contributed by atoms with Crippen molar-refractivity contribution >= 4 is 23.8 Å². The second-order valence-corrected chi connectivity index (χ2v) is 5.38. The van der Waals surface area contributed by atoms with Crippen LogP contribution in [-0.2, 0) is 6.42 Å². The van der Waals surface area contributed by atoms with Crippen LogP contribution in [0.2, 0.25) is 0 Å². The highest BCUT2D eigenvalue weighted by atomic mass is 32.2. The van der Waals surface area contributed by atoms with Crippen LogP contribution < -0.4 is 5.32 Å². The number of carboxylic acids is 1. The fourth-order valence-electron chi connectivity index (χ4n) is 1.59. The van der Waals surface area contributed by atoms with Crippen LogP contribution in [0.15, 0.2) is 24.3 Å². The molecule has 0 bridgehead atoms. The van der Waals surface area contributed by atoms with E-state index in [-0.39, 0.29) is 11.6 Å². The van der Waals surface area contributed by atoms with Gasteiger partial charge in [0.05, 0.1) is 5.56 Å². The molecule has 0 aliphatic rings. The number of rotatable bonds is 7. The molecule has 6 heteroatoms. The van der Waals surface area contributed by atoms with Crippen LogP contribution in [0.1, 0.15) is 15.9 Å². The van der Waals surface area contributed by atoms with Crippen LogP contribution in [0.5, 0.6) is 0 Å². The smallest absolute Gasteiger partial charge is 0.335 e. The van der Waals surface area contributed by atoms with Gasteiger partial charge < -0.3 is 15.3 Å². The summed E-state index contributed by atoms with van der Waals surface area (Å²) < 4.78 is 0. The molecule has 2 amide bonds. The lowest BCUT2D eigenvalue weighted by Crippen LogP contribution is -2.39. The molecule has 0 radical (unpaired) electrons. The van der Waals surface area contributed by atoms with Gasteiger partial charge in [0, 0.05) is 25.9 Å². The van der Waals surface area contributed by atoms with Crippen LogP contribution in [0, 0.1) is 0 Å². The molecule has 0 saturated heterocycles. The van der Waals surface area contributed by atoms with Gasteiger partial charge in [-0.25, -0.2) is 9.59 Å². The fourth-order valence-corrected chi connectivity index (χ4v) is 2.05. The predicted molar refractivity (Wildman–Crippen MR) is 81.5 cm³/mol. The van der Waals surface area contributed by atoms with Crippen molar-refractivity contribution in [2.24, 2.45) is 0 Å². The van der Waals surface area contributed by atoms with E-state index in [0.29, 0.717) is 13.0 Å². The number of amides is 2. The molecule has 0 atom stereocenters. The molecule has 0 aliphatic heterocycles. The third-order valence-corrected chi connectivity index (χ3v) is 3.46. The number of nitrogens with one attached hydrogen (secondary N) is 1. The van der Waals surface area contributed by atoms with E-state index in [0.717, 1.165) is 17.9 Å². The highest BCUT2D eigenvalue weighted by molar-refractivity contribution is 7.98. The van der Waals surface area contributed by atoms with Crippen LogP contribution in [0.25, 0.3) is 0 Å². The first kappa shape index (κ1) is 16.4. The van der Waals surface area contributed by atoms with Crippen molar-refractivity contribution in [3.05, 3.63) is 35.4 Å². The molecule has 0 aromatic heterocycles. The van der Waals surface area contributed by atoms with E-state index in [9.17, 15) is 9.59 Å². The average molecular weight is 296 g/mol. The summed E-state index contributed by atoms with van der Waals surface area (Å²) in [5, 5.41) is 11.6. The molecular weight excluding hydrogens is 276 g/mol. The van der Waals surface area contributed by atoms with Gasteiger partial charge in [0.15, 0.2) is 0 Å². The minimum absolute atomic E-state index is 0.0822. The maximum Gasteiger partial charge on any atom is 0.335 e. The van der Waals surface area contributed by atoms with E-state index in [2.05, 4.69) is 5.32 Å². The van der Waals surface area contributed by atoms with E-state index in [4.69, 9.17) is 5.11 Å². The molecule has 1 aromatic rings. The number of urea groups is 1. The molecule has 0 aliphatic carbocycles. The number of carboxylic acid groups (broad SMARTS) is 1. The Morgan fingerprint density at radius 3 is 2.50 bits per heavy atom. The third-order valence-electron chi connectivity index (χ3n) is 2.87. The average Bonchev–Trinajstić information content (AvgIpc) is 2.45. The largest absolute Gasteiger partial charge is 0.478 e. The van der Waals surface area contributed by atoms with Gasteiger partial charge in [-0.15, -0.1) is 0 Å². The monoisotopic (exact) mass is 296 g/mol. The minimum atomic E-state index is -0.930. The SMILES string of the molecule is CSCCN(C)C(=O)NCCc1ccc(C(=O)O)cc1. The molecule has 1 aromatic carbocycles. The van der Waals surface area contributed by atoms with E-state index in [1.807, 2.05) is 6.26 Å². The van der Waals surface area contributed by atoms with Gasteiger partial charge in [-0.05, 0) is 30.4 Å². The second kappa shape index (κ2) is 8.47. The second-order valence-electron chi connectivity index (χ2n) is 4.40. The highest BCUT2D eigenvalue weighted by Crippen LogP contribution is 2.04. The number of aromatic carboxylic acids is 1. The number of benzene rings is 1. The summed E-state index contributed by atoms with van der Waals surface area (Å²) in [6.45, 7) is 1.26. The van der Waals surface area contributed by atoms with Crippen molar-refractivity contribution in [2.75, 3.05) is 32.1 Å². The number of carbonyl (C=O) groups excluding carboxylic acids is 1. The number of thioether (sulfide) groups is 1. The molecule has 20 heavy (non-hydrogen) atoms. The Labute approximate surface area is 123 Å². The van der Waals surface area contributed by atoms with Crippen molar-refractivity contribution in [1.82, 2.24) is 10.2 Å². The Kier molecular flexibility index (Phi) is 6.93. The topological polar surface area (TPSA) is 69.6 Å². The summed E-state index contributed by atoms with van der Waals surface area (Å²) in [5.74, 6) is -0.0131. The molecule has 5 nitrogen and oxygen atoms in total. The van der Waals surface area contributed by atoms with Crippen LogP contribution in [0.4, 0.5) is 4.79 Å². The molecule has 0 spiro atoms. The van der Waals surface area contributed by atoms with E-state index in [1.54, 1.807) is 48.0 Å². The summed E-state index contributed by atoms with van der Waals surface area (Å²) in [7, 11) is 1.77. The first-order valence-corrected chi connectivity index (χ1v) is 7.74. The van der Waals surface area contributed by atoms with Crippen molar-refractivity contribution in [3.63, 3.8) is 0 Å². The zero-order valence-corrected chi connectivity index (χ0v) is 12.6. The van der Waals surface area contributed by atoms with Gasteiger partial charge in [0.25, 0.3) is 0 Å². The van der Waals surface area contributed by atoms with Gasteiger partial charge in [0.1, 0.15) is 0 Å². The van der Waals surface area contributed by atoms with Gasteiger partial charge in [-0.3, -0.25) is 0 Å². The fraction of sp³-hybridized carbons (Fsp3) is 0.429. The zero-order valence-electron chi connectivity index (χ0n) is 11.8. The van der Waals surface area contributed by atoms with Crippen LogP contribution in [-0.4, -0.2) is 54.2 Å². The normalized spacial score (nSPS) is 10.1. The van der Waals surface area contributed by atoms with Crippen molar-refractivity contribution < 1.29 is 14.7 Å². The van der Waals surface area contributed by atoms with Crippen LogP contribution in [0.3, 0.4) is 0 Å². The number of nitrogens with zero attached hydrogens (tertiary/aromatic N) is 1. The first-order chi connectivity index (χ1) is 9.54. The van der Waals surface area contributed by atoms with E-state index < -0.39 is 5.97 Å². The minimum Gasteiger partial charge on any atom is -0.478 e. The summed E-state index contributed by atoms with van der Waals surface area (Å²) in [4.78, 5) is 24.1. The zero-order chi connectivity index (χ0) is 15.0. The molecule has 110 valence electrons. The van der Waals surface area contributed by atoms with E-state index in [1.165, 1.54) is 0 Å². The Bertz CT molecular complexity index is 448.